The molecule has 31 heavy (non-hydrogen) atoms. The minimum absolute atomic E-state index is 0.302. The molecule has 0 saturated heterocycles. The summed E-state index contributed by atoms with van der Waals surface area (Å²) in [5.41, 5.74) is 0.970. The van der Waals surface area contributed by atoms with E-state index >= 15 is 0 Å². The Morgan fingerprint density at radius 1 is 1.29 bits per heavy atom. The summed E-state index contributed by atoms with van der Waals surface area (Å²) in [5.74, 6) is -2.09. The summed E-state index contributed by atoms with van der Waals surface area (Å²) in [6.07, 6.45) is 0. The van der Waals surface area contributed by atoms with Crippen LogP contribution in [0.1, 0.15) is 11.5 Å². The number of nitrogens with one attached hydrogen (secondary N) is 1. The average molecular weight is 522 g/mol. The molecule has 1 amide bonds. The van der Waals surface area contributed by atoms with Crippen molar-refractivity contribution in [1.29, 1.82) is 5.26 Å². The molecule has 1 aliphatic rings. The predicted molar refractivity (Wildman–Crippen MR) is 123 cm³/mol. The summed E-state index contributed by atoms with van der Waals surface area (Å²) >= 11 is 10.8. The van der Waals surface area contributed by atoms with Gasteiger partial charge in [-0.25, -0.2) is 0 Å². The van der Waals surface area contributed by atoms with Gasteiger partial charge in [0.05, 0.1) is 35.4 Å². The van der Waals surface area contributed by atoms with Gasteiger partial charge < -0.3 is 14.8 Å². The number of carbonyl (C=O) groups is 2. The Kier molecular flexibility index (Phi) is 8.02. The lowest BCUT2D eigenvalue weighted by atomic mass is 9.78. The molecule has 0 fully saturated rings. The maximum Gasteiger partial charge on any atom is 0.319 e. The van der Waals surface area contributed by atoms with E-state index in [1.165, 1.54) is 18.9 Å². The number of nitrogens with zero attached hydrogens (tertiary/aromatic N) is 1. The van der Waals surface area contributed by atoms with Crippen molar-refractivity contribution in [2.45, 2.75) is 5.92 Å². The van der Waals surface area contributed by atoms with Gasteiger partial charge in [-0.3, -0.25) is 9.59 Å². The molecule has 2 aromatic rings. The van der Waals surface area contributed by atoms with Crippen molar-refractivity contribution in [3.63, 3.8) is 0 Å². The number of amides is 1. The predicted octanol–water partition coefficient (Wildman–Crippen LogP) is 4.65. The number of rotatable bonds is 7. The number of hydrogen-bond acceptors (Lipinski definition) is 6. The fourth-order valence-corrected chi connectivity index (χ4v) is 4.72. The first-order valence-corrected chi connectivity index (χ1v) is 11.4. The zero-order valence-corrected chi connectivity index (χ0v) is 19.6. The van der Waals surface area contributed by atoms with E-state index < -0.39 is 23.7 Å². The van der Waals surface area contributed by atoms with E-state index in [9.17, 15) is 14.9 Å². The molecule has 3 rings (SSSR count). The van der Waals surface area contributed by atoms with Gasteiger partial charge in [0, 0.05) is 16.1 Å². The van der Waals surface area contributed by atoms with Gasteiger partial charge in [-0.15, -0.1) is 11.8 Å². The number of para-hydroxylation sites is 1. The van der Waals surface area contributed by atoms with Crippen molar-refractivity contribution >= 4 is 51.2 Å². The van der Waals surface area contributed by atoms with E-state index in [4.69, 9.17) is 21.1 Å². The number of nitriles is 1. The second-order valence-electron chi connectivity index (χ2n) is 6.50. The Bertz CT molecular complexity index is 1070. The van der Waals surface area contributed by atoms with E-state index in [1.54, 1.807) is 30.3 Å². The highest BCUT2D eigenvalue weighted by atomic mass is 79.9. The fourth-order valence-electron chi connectivity index (χ4n) is 3.24. The summed E-state index contributed by atoms with van der Waals surface area (Å²) in [7, 11) is 1.22. The number of esters is 1. The summed E-state index contributed by atoms with van der Waals surface area (Å²) in [6, 6.07) is 16.5. The second-order valence-corrected chi connectivity index (χ2v) is 8.93. The first-order valence-electron chi connectivity index (χ1n) is 9.24. The molecule has 0 unspecified atom stereocenters. The molecule has 1 aliphatic heterocycles. The van der Waals surface area contributed by atoms with Gasteiger partial charge in [0.15, 0.2) is 0 Å². The molecule has 0 saturated carbocycles. The molecule has 0 bridgehead atoms. The number of benzene rings is 2. The van der Waals surface area contributed by atoms with Gasteiger partial charge in [0.2, 0.25) is 5.91 Å². The second kappa shape index (κ2) is 10.7. The SMILES string of the molecule is COC(=O)[C@H]1C(=O)NC(SCCOc2ccccc2Cl)=C(C#N)[C@@H]1c1cccc(Br)c1. The number of thioether (sulfide) groups is 1. The Labute approximate surface area is 197 Å². The Morgan fingerprint density at radius 2 is 2.06 bits per heavy atom. The first-order chi connectivity index (χ1) is 15.0. The lowest BCUT2D eigenvalue weighted by Gasteiger charge is -2.31. The highest BCUT2D eigenvalue weighted by molar-refractivity contribution is 9.10. The van der Waals surface area contributed by atoms with Crippen molar-refractivity contribution in [2.24, 2.45) is 5.92 Å². The molecule has 0 spiro atoms. The highest BCUT2D eigenvalue weighted by Gasteiger charge is 2.44. The van der Waals surface area contributed by atoms with Crippen LogP contribution < -0.4 is 10.1 Å². The van der Waals surface area contributed by atoms with Crippen molar-refractivity contribution < 1.29 is 19.1 Å². The fraction of sp³-hybridized carbons (Fsp3) is 0.227. The molecule has 0 aliphatic carbocycles. The summed E-state index contributed by atoms with van der Waals surface area (Å²) in [6.45, 7) is 0.314. The van der Waals surface area contributed by atoms with Crippen molar-refractivity contribution in [3.05, 3.63) is 74.2 Å². The van der Waals surface area contributed by atoms with Gasteiger partial charge in [-0.05, 0) is 29.8 Å². The van der Waals surface area contributed by atoms with Crippen LogP contribution in [0.4, 0.5) is 0 Å². The van der Waals surface area contributed by atoms with Crippen LogP contribution >= 0.6 is 39.3 Å². The molecule has 160 valence electrons. The molecule has 6 nitrogen and oxygen atoms in total. The number of allylic oxidation sites excluding steroid dienone is 1. The normalized spacial score (nSPS) is 18.2. The molecule has 1 N–H and O–H groups in total. The summed E-state index contributed by atoms with van der Waals surface area (Å²) < 4.78 is 11.3. The lowest BCUT2D eigenvalue weighted by molar-refractivity contribution is -0.150. The maximum absolute atomic E-state index is 12.8. The topological polar surface area (TPSA) is 88.4 Å². The highest BCUT2D eigenvalue weighted by Crippen LogP contribution is 2.40. The van der Waals surface area contributed by atoms with Crippen LogP contribution in [0.15, 0.2) is 63.6 Å². The third-order valence-electron chi connectivity index (χ3n) is 4.62. The van der Waals surface area contributed by atoms with E-state index in [0.29, 0.717) is 39.3 Å². The molecule has 2 aromatic carbocycles. The molecule has 9 heteroatoms. The third-order valence-corrected chi connectivity index (χ3v) is 6.40. The first kappa shape index (κ1) is 23.2. The Hall–Kier alpha value is -2.47. The van der Waals surface area contributed by atoms with Crippen LogP contribution in [0.5, 0.6) is 5.75 Å². The number of halogens is 2. The molecule has 2 atom stereocenters. The minimum atomic E-state index is -1.15. The zero-order valence-electron chi connectivity index (χ0n) is 16.4. The number of methoxy groups -OCH3 is 1. The van der Waals surface area contributed by atoms with Crippen LogP contribution in [0.3, 0.4) is 0 Å². The minimum Gasteiger partial charge on any atom is -0.491 e. The molecular formula is C22H18BrClN2O4S. The number of carbonyl (C=O) groups excluding carboxylic acids is 2. The largest absolute Gasteiger partial charge is 0.491 e. The quantitative estimate of drug-likeness (QED) is 0.324. The van der Waals surface area contributed by atoms with E-state index in [2.05, 4.69) is 27.3 Å². The van der Waals surface area contributed by atoms with Gasteiger partial charge in [0.25, 0.3) is 0 Å². The maximum atomic E-state index is 12.8. The zero-order chi connectivity index (χ0) is 22.4. The van der Waals surface area contributed by atoms with Crippen molar-refractivity contribution in [2.75, 3.05) is 19.5 Å². The average Bonchev–Trinajstić information content (AvgIpc) is 2.76. The monoisotopic (exact) mass is 520 g/mol. The van der Waals surface area contributed by atoms with Crippen LogP contribution in [0.25, 0.3) is 0 Å². The molecular weight excluding hydrogens is 504 g/mol. The van der Waals surface area contributed by atoms with E-state index in [-0.39, 0.29) is 0 Å². The summed E-state index contributed by atoms with van der Waals surface area (Å²) in [5, 5.41) is 13.5. The Balaban J connectivity index is 1.85. The molecule has 0 radical (unpaired) electrons. The van der Waals surface area contributed by atoms with Crippen LogP contribution in [-0.2, 0) is 14.3 Å². The van der Waals surface area contributed by atoms with Gasteiger partial charge in [-0.2, -0.15) is 5.26 Å². The van der Waals surface area contributed by atoms with Crippen LogP contribution in [0, 0.1) is 17.2 Å². The van der Waals surface area contributed by atoms with E-state index in [0.717, 1.165) is 4.47 Å². The van der Waals surface area contributed by atoms with Crippen LogP contribution in [-0.4, -0.2) is 31.3 Å². The smallest absolute Gasteiger partial charge is 0.319 e. The van der Waals surface area contributed by atoms with E-state index in [1.807, 2.05) is 18.2 Å². The van der Waals surface area contributed by atoms with Gasteiger partial charge in [-0.1, -0.05) is 51.8 Å². The number of hydrogen-bond donors (Lipinski definition) is 1. The Morgan fingerprint density at radius 3 is 2.74 bits per heavy atom. The van der Waals surface area contributed by atoms with Crippen molar-refractivity contribution in [1.82, 2.24) is 5.32 Å². The lowest BCUT2D eigenvalue weighted by Crippen LogP contribution is -2.44. The van der Waals surface area contributed by atoms with Crippen LogP contribution in [0.2, 0.25) is 5.02 Å². The third kappa shape index (κ3) is 5.42. The number of ether oxygens (including phenoxy) is 2. The van der Waals surface area contributed by atoms with Crippen molar-refractivity contribution in [3.8, 4) is 11.8 Å². The van der Waals surface area contributed by atoms with Gasteiger partial charge >= 0.3 is 5.97 Å². The molecule has 1 heterocycles. The van der Waals surface area contributed by atoms with Gasteiger partial charge in [0.1, 0.15) is 11.7 Å². The molecule has 0 aromatic heterocycles. The standard InChI is InChI=1S/C22H18BrClN2O4S/c1-29-22(28)19-18(13-5-4-6-14(23)11-13)15(12-25)21(26-20(19)27)31-10-9-30-17-8-3-2-7-16(17)24/h2-8,11,18-19H,9-10H2,1H3,(H,26,27)/t18-,19+/m0/s1. The summed E-state index contributed by atoms with van der Waals surface area (Å²) in [4.78, 5) is 25.2.